The lowest BCUT2D eigenvalue weighted by atomic mass is 9.49. The fraction of sp³-hybridized carbons (Fsp3) is 0.667. The number of hydrogen-bond donors (Lipinski definition) is 2. The summed E-state index contributed by atoms with van der Waals surface area (Å²) in [5.74, 6) is 3.11. The molecule has 0 heterocycles. The zero-order chi connectivity index (χ0) is 21.5. The molecule has 30 heavy (non-hydrogen) atoms. The second kappa shape index (κ2) is 8.12. The summed E-state index contributed by atoms with van der Waals surface area (Å²) in [4.78, 5) is 26.5. The Balaban J connectivity index is 1.46. The van der Waals surface area contributed by atoms with E-state index in [4.69, 9.17) is 9.47 Å². The van der Waals surface area contributed by atoms with Gasteiger partial charge in [-0.25, -0.2) is 0 Å². The van der Waals surface area contributed by atoms with E-state index in [9.17, 15) is 9.59 Å². The van der Waals surface area contributed by atoms with Gasteiger partial charge in [0.2, 0.25) is 11.8 Å². The van der Waals surface area contributed by atoms with E-state index in [0.717, 1.165) is 19.3 Å². The number of carbonyl (C=O) groups excluding carboxylic acids is 2. The smallest absolute Gasteiger partial charge is 0.247 e. The first-order valence-electron chi connectivity index (χ1n) is 11.2. The highest BCUT2D eigenvalue weighted by Gasteiger charge is 2.55. The second-order valence-corrected chi connectivity index (χ2v) is 9.95. The summed E-state index contributed by atoms with van der Waals surface area (Å²) in [6.45, 7) is 3.94. The number of anilines is 1. The molecule has 4 aliphatic rings. The molecule has 4 bridgehead atoms. The third kappa shape index (κ3) is 3.88. The van der Waals surface area contributed by atoms with Crippen molar-refractivity contribution in [3.63, 3.8) is 0 Å². The summed E-state index contributed by atoms with van der Waals surface area (Å²) in [5.41, 5.74) is 0.359. The molecule has 4 saturated carbocycles. The quantitative estimate of drug-likeness (QED) is 0.707. The van der Waals surface area contributed by atoms with Crippen LogP contribution in [-0.2, 0) is 9.59 Å². The highest BCUT2D eigenvalue weighted by molar-refractivity contribution is 5.98. The van der Waals surface area contributed by atoms with Crippen molar-refractivity contribution < 1.29 is 19.1 Å². The van der Waals surface area contributed by atoms with Crippen molar-refractivity contribution in [2.45, 2.75) is 58.4 Å². The molecule has 1 atom stereocenters. The van der Waals surface area contributed by atoms with Crippen LogP contribution in [0.5, 0.6) is 11.5 Å². The Bertz CT molecular complexity index is 784. The SMILES string of the molecule is COc1ccc(NC(=O)C(NC(=O)C23CC4CC(CC(C4)C2)C3)C(C)C)cc1OC. The number of nitrogens with one attached hydrogen (secondary N) is 2. The second-order valence-electron chi connectivity index (χ2n) is 9.95. The van der Waals surface area contributed by atoms with Crippen LogP contribution >= 0.6 is 0 Å². The average Bonchev–Trinajstić information content (AvgIpc) is 2.70. The Morgan fingerprint density at radius 2 is 1.53 bits per heavy atom. The number of benzene rings is 1. The van der Waals surface area contributed by atoms with Crippen LogP contribution in [0.3, 0.4) is 0 Å². The zero-order valence-corrected chi connectivity index (χ0v) is 18.5. The molecular formula is C24H34N2O4. The van der Waals surface area contributed by atoms with Gasteiger partial charge in [-0.1, -0.05) is 13.8 Å². The molecule has 0 aliphatic heterocycles. The lowest BCUT2D eigenvalue weighted by Gasteiger charge is -2.55. The van der Waals surface area contributed by atoms with Crippen LogP contribution in [0.15, 0.2) is 18.2 Å². The van der Waals surface area contributed by atoms with Gasteiger partial charge in [0, 0.05) is 17.2 Å². The number of hydrogen-bond acceptors (Lipinski definition) is 4. The van der Waals surface area contributed by atoms with Gasteiger partial charge in [0.15, 0.2) is 11.5 Å². The van der Waals surface area contributed by atoms with Gasteiger partial charge in [-0.3, -0.25) is 9.59 Å². The molecule has 0 radical (unpaired) electrons. The molecule has 0 aromatic heterocycles. The van der Waals surface area contributed by atoms with Crippen molar-refractivity contribution in [3.8, 4) is 11.5 Å². The standard InChI is InChI=1S/C24H34N2O4/c1-14(2)21(22(27)25-18-5-6-19(29-3)20(10-18)30-4)26-23(28)24-11-15-7-16(12-24)9-17(8-15)13-24/h5-6,10,14-17,21H,7-9,11-13H2,1-4H3,(H,25,27)(H,26,28). The number of methoxy groups -OCH3 is 2. The fourth-order valence-electron chi connectivity index (χ4n) is 6.35. The molecule has 4 fully saturated rings. The van der Waals surface area contributed by atoms with Crippen LogP contribution in [0, 0.1) is 29.1 Å². The summed E-state index contributed by atoms with van der Waals surface area (Å²) in [5, 5.41) is 6.08. The summed E-state index contributed by atoms with van der Waals surface area (Å²) < 4.78 is 10.6. The molecular weight excluding hydrogens is 380 g/mol. The normalized spacial score (nSPS) is 30.1. The molecule has 4 aliphatic carbocycles. The minimum absolute atomic E-state index is 0.0111. The van der Waals surface area contributed by atoms with Gasteiger partial charge in [0.1, 0.15) is 6.04 Å². The lowest BCUT2D eigenvalue weighted by molar-refractivity contribution is -0.148. The summed E-state index contributed by atoms with van der Waals surface area (Å²) in [6, 6.07) is 4.69. The van der Waals surface area contributed by atoms with Crippen molar-refractivity contribution in [2.24, 2.45) is 29.1 Å². The van der Waals surface area contributed by atoms with Crippen LogP contribution in [0.25, 0.3) is 0 Å². The molecule has 6 heteroatoms. The highest BCUT2D eigenvalue weighted by atomic mass is 16.5. The fourth-order valence-corrected chi connectivity index (χ4v) is 6.35. The molecule has 5 rings (SSSR count). The van der Waals surface area contributed by atoms with Gasteiger partial charge >= 0.3 is 0 Å². The summed E-state index contributed by atoms with van der Waals surface area (Å²) in [7, 11) is 3.14. The predicted molar refractivity (Wildman–Crippen MR) is 116 cm³/mol. The van der Waals surface area contributed by atoms with Crippen LogP contribution in [0.1, 0.15) is 52.4 Å². The molecule has 2 amide bonds. The van der Waals surface area contributed by atoms with Crippen molar-refractivity contribution in [1.82, 2.24) is 5.32 Å². The predicted octanol–water partition coefficient (Wildman–Crippen LogP) is 4.00. The minimum atomic E-state index is -0.571. The lowest BCUT2D eigenvalue weighted by Crippen LogP contribution is -2.57. The summed E-state index contributed by atoms with van der Waals surface area (Å²) in [6.07, 6.45) is 6.85. The van der Waals surface area contributed by atoms with E-state index in [1.165, 1.54) is 19.3 Å². The Morgan fingerprint density at radius 1 is 0.967 bits per heavy atom. The van der Waals surface area contributed by atoms with Gasteiger partial charge in [0.25, 0.3) is 0 Å². The van der Waals surface area contributed by atoms with Gasteiger partial charge in [-0.15, -0.1) is 0 Å². The maximum Gasteiger partial charge on any atom is 0.247 e. The molecule has 1 aromatic rings. The molecule has 2 N–H and O–H groups in total. The van der Waals surface area contributed by atoms with E-state index >= 15 is 0 Å². The third-order valence-corrected chi connectivity index (χ3v) is 7.41. The van der Waals surface area contributed by atoms with Gasteiger partial charge in [-0.05, 0) is 74.3 Å². The van der Waals surface area contributed by atoms with Crippen molar-refractivity contribution >= 4 is 17.5 Å². The Morgan fingerprint density at radius 3 is 2.03 bits per heavy atom. The number of ether oxygens (including phenoxy) is 2. The topological polar surface area (TPSA) is 76.7 Å². The maximum absolute atomic E-state index is 13.4. The van der Waals surface area contributed by atoms with E-state index in [1.807, 2.05) is 13.8 Å². The average molecular weight is 415 g/mol. The highest BCUT2D eigenvalue weighted by Crippen LogP contribution is 2.60. The molecule has 0 saturated heterocycles. The summed E-state index contributed by atoms with van der Waals surface area (Å²) >= 11 is 0. The van der Waals surface area contributed by atoms with Crippen LogP contribution in [0.2, 0.25) is 0 Å². The zero-order valence-electron chi connectivity index (χ0n) is 18.5. The molecule has 0 spiro atoms. The number of carbonyl (C=O) groups is 2. The van der Waals surface area contributed by atoms with Gasteiger partial charge < -0.3 is 20.1 Å². The van der Waals surface area contributed by atoms with E-state index in [-0.39, 0.29) is 23.1 Å². The van der Waals surface area contributed by atoms with E-state index in [1.54, 1.807) is 32.4 Å². The number of rotatable bonds is 7. The van der Waals surface area contributed by atoms with Crippen LogP contribution in [-0.4, -0.2) is 32.1 Å². The van der Waals surface area contributed by atoms with Crippen LogP contribution in [0.4, 0.5) is 5.69 Å². The molecule has 164 valence electrons. The van der Waals surface area contributed by atoms with E-state index in [2.05, 4.69) is 10.6 Å². The Hall–Kier alpha value is -2.24. The van der Waals surface area contributed by atoms with Crippen LogP contribution < -0.4 is 20.1 Å². The first kappa shape index (κ1) is 21.0. The Kier molecular flexibility index (Phi) is 5.69. The third-order valence-electron chi connectivity index (χ3n) is 7.41. The van der Waals surface area contributed by atoms with E-state index < -0.39 is 6.04 Å². The van der Waals surface area contributed by atoms with Crippen molar-refractivity contribution in [3.05, 3.63) is 18.2 Å². The monoisotopic (exact) mass is 414 g/mol. The Labute approximate surface area is 179 Å². The van der Waals surface area contributed by atoms with Crippen molar-refractivity contribution in [2.75, 3.05) is 19.5 Å². The first-order valence-corrected chi connectivity index (χ1v) is 11.2. The van der Waals surface area contributed by atoms with Gasteiger partial charge in [-0.2, -0.15) is 0 Å². The molecule has 6 nitrogen and oxygen atoms in total. The van der Waals surface area contributed by atoms with E-state index in [0.29, 0.717) is 34.9 Å². The maximum atomic E-state index is 13.4. The molecule has 1 aromatic carbocycles. The number of amides is 2. The minimum Gasteiger partial charge on any atom is -0.493 e. The first-order chi connectivity index (χ1) is 14.3. The van der Waals surface area contributed by atoms with Gasteiger partial charge in [0.05, 0.1) is 14.2 Å². The van der Waals surface area contributed by atoms with Crippen molar-refractivity contribution in [1.29, 1.82) is 0 Å². The largest absolute Gasteiger partial charge is 0.493 e. The molecule has 1 unspecified atom stereocenters.